The summed E-state index contributed by atoms with van der Waals surface area (Å²) < 4.78 is 32.2. The lowest BCUT2D eigenvalue weighted by atomic mass is 10.2. The van der Waals surface area contributed by atoms with E-state index in [1.54, 1.807) is 18.2 Å². The van der Waals surface area contributed by atoms with Crippen LogP contribution in [0.4, 0.5) is 14.5 Å². The zero-order chi connectivity index (χ0) is 16.1. The maximum absolute atomic E-state index is 13.4. The number of halogens is 3. The molecule has 2 aromatic rings. The fourth-order valence-corrected chi connectivity index (χ4v) is 2.14. The summed E-state index contributed by atoms with van der Waals surface area (Å²) in [5, 5.41) is 2.34. The van der Waals surface area contributed by atoms with Crippen molar-refractivity contribution in [2.45, 2.75) is 0 Å². The molecule has 0 unspecified atom stereocenters. The number of amides is 1. The van der Waals surface area contributed by atoms with Crippen LogP contribution in [0.1, 0.15) is 5.56 Å². The van der Waals surface area contributed by atoms with Crippen LogP contribution in [0.3, 0.4) is 0 Å². The first-order chi connectivity index (χ1) is 10.5. The highest BCUT2D eigenvalue weighted by atomic mass is 79.9. The molecule has 0 radical (unpaired) electrons. The molecule has 1 amide bonds. The number of carbonyl (C=O) groups excluding carboxylic acids is 1. The lowest BCUT2D eigenvalue weighted by Crippen LogP contribution is -2.09. The quantitative estimate of drug-likeness (QED) is 0.813. The Morgan fingerprint density at radius 2 is 2.00 bits per heavy atom. The molecular formula is C16H12BrF2NO2. The standard InChI is InChI=1S/C16H12BrF2NO2/c1-22-15-6-3-11(17)8-10(15)2-7-16(21)20-14-5-4-12(18)9-13(14)19/h2-9H,1H3,(H,20,21). The lowest BCUT2D eigenvalue weighted by Gasteiger charge is -2.06. The molecule has 0 aromatic heterocycles. The summed E-state index contributed by atoms with van der Waals surface area (Å²) in [6.07, 6.45) is 2.79. The summed E-state index contributed by atoms with van der Waals surface area (Å²) in [4.78, 5) is 11.8. The van der Waals surface area contributed by atoms with Crippen molar-refractivity contribution in [3.63, 3.8) is 0 Å². The van der Waals surface area contributed by atoms with Gasteiger partial charge in [0.05, 0.1) is 12.8 Å². The summed E-state index contributed by atoms with van der Waals surface area (Å²) in [7, 11) is 1.52. The zero-order valence-corrected chi connectivity index (χ0v) is 13.2. The highest BCUT2D eigenvalue weighted by Crippen LogP contribution is 2.24. The molecule has 22 heavy (non-hydrogen) atoms. The van der Waals surface area contributed by atoms with Gasteiger partial charge < -0.3 is 10.1 Å². The minimum absolute atomic E-state index is 0.0859. The fraction of sp³-hybridized carbons (Fsp3) is 0.0625. The molecule has 0 saturated carbocycles. The van der Waals surface area contributed by atoms with Gasteiger partial charge in [-0.3, -0.25) is 4.79 Å². The van der Waals surface area contributed by atoms with E-state index in [1.807, 2.05) is 6.07 Å². The number of methoxy groups -OCH3 is 1. The number of nitrogens with one attached hydrogen (secondary N) is 1. The molecule has 0 spiro atoms. The second-order valence-electron chi connectivity index (χ2n) is 4.33. The van der Waals surface area contributed by atoms with E-state index in [-0.39, 0.29) is 5.69 Å². The van der Waals surface area contributed by atoms with Crippen LogP contribution in [0.2, 0.25) is 0 Å². The molecule has 0 fully saturated rings. The first-order valence-electron chi connectivity index (χ1n) is 6.27. The summed E-state index contributed by atoms with van der Waals surface area (Å²) in [6, 6.07) is 8.28. The average molecular weight is 368 g/mol. The van der Waals surface area contributed by atoms with E-state index in [0.29, 0.717) is 17.4 Å². The van der Waals surface area contributed by atoms with Gasteiger partial charge in [-0.05, 0) is 36.4 Å². The molecule has 2 aromatic carbocycles. The average Bonchev–Trinajstić information content (AvgIpc) is 2.48. The van der Waals surface area contributed by atoms with Gasteiger partial charge in [0.15, 0.2) is 0 Å². The number of hydrogen-bond acceptors (Lipinski definition) is 2. The molecule has 0 heterocycles. The molecule has 0 bridgehead atoms. The molecule has 3 nitrogen and oxygen atoms in total. The summed E-state index contributed by atoms with van der Waals surface area (Å²) >= 11 is 3.33. The van der Waals surface area contributed by atoms with Crippen molar-refractivity contribution >= 4 is 33.6 Å². The molecule has 1 N–H and O–H groups in total. The first kappa shape index (κ1) is 16.2. The van der Waals surface area contributed by atoms with Crippen molar-refractivity contribution in [2.24, 2.45) is 0 Å². The van der Waals surface area contributed by atoms with E-state index in [1.165, 1.54) is 13.2 Å². The van der Waals surface area contributed by atoms with Crippen LogP contribution in [-0.2, 0) is 4.79 Å². The van der Waals surface area contributed by atoms with Crippen molar-refractivity contribution in [1.29, 1.82) is 0 Å². The molecule has 0 aliphatic carbocycles. The third-order valence-corrected chi connectivity index (χ3v) is 3.29. The second kappa shape index (κ2) is 7.17. The Balaban J connectivity index is 2.13. The molecule has 6 heteroatoms. The summed E-state index contributed by atoms with van der Waals surface area (Å²) in [6.45, 7) is 0. The third-order valence-electron chi connectivity index (χ3n) is 2.80. The van der Waals surface area contributed by atoms with Crippen molar-refractivity contribution in [3.8, 4) is 5.75 Å². The van der Waals surface area contributed by atoms with Gasteiger partial charge in [-0.1, -0.05) is 15.9 Å². The molecule has 0 aliphatic heterocycles. The van der Waals surface area contributed by atoms with E-state index in [9.17, 15) is 13.6 Å². The van der Waals surface area contributed by atoms with Gasteiger partial charge in [-0.2, -0.15) is 0 Å². The number of ether oxygens (including phenoxy) is 1. The lowest BCUT2D eigenvalue weighted by molar-refractivity contribution is -0.111. The Bertz CT molecular complexity index is 732. The predicted molar refractivity (Wildman–Crippen MR) is 84.7 cm³/mol. The number of hydrogen-bond donors (Lipinski definition) is 1. The van der Waals surface area contributed by atoms with E-state index in [4.69, 9.17) is 4.74 Å². The largest absolute Gasteiger partial charge is 0.496 e. The summed E-state index contributed by atoms with van der Waals surface area (Å²) in [5.74, 6) is -1.47. The monoisotopic (exact) mass is 367 g/mol. The van der Waals surface area contributed by atoms with Crippen LogP contribution >= 0.6 is 15.9 Å². The van der Waals surface area contributed by atoms with E-state index >= 15 is 0 Å². The van der Waals surface area contributed by atoms with Crippen molar-refractivity contribution < 1.29 is 18.3 Å². The molecular weight excluding hydrogens is 356 g/mol. The van der Waals surface area contributed by atoms with Crippen molar-refractivity contribution in [1.82, 2.24) is 0 Å². The molecule has 0 aliphatic rings. The maximum Gasteiger partial charge on any atom is 0.248 e. The molecule has 114 valence electrons. The fourth-order valence-electron chi connectivity index (χ4n) is 1.77. The number of rotatable bonds is 4. The minimum atomic E-state index is -0.832. The maximum atomic E-state index is 13.4. The van der Waals surface area contributed by atoms with Gasteiger partial charge >= 0.3 is 0 Å². The minimum Gasteiger partial charge on any atom is -0.496 e. The Hall–Kier alpha value is -2.21. The Kier molecular flexibility index (Phi) is 5.27. The topological polar surface area (TPSA) is 38.3 Å². The van der Waals surface area contributed by atoms with Crippen molar-refractivity contribution in [2.75, 3.05) is 12.4 Å². The highest BCUT2D eigenvalue weighted by molar-refractivity contribution is 9.10. The number of anilines is 1. The number of carbonyl (C=O) groups is 1. The number of benzene rings is 2. The van der Waals surface area contributed by atoms with Crippen LogP contribution in [-0.4, -0.2) is 13.0 Å². The smallest absolute Gasteiger partial charge is 0.248 e. The Morgan fingerprint density at radius 1 is 1.23 bits per heavy atom. The Labute approximate surface area is 134 Å². The first-order valence-corrected chi connectivity index (χ1v) is 7.06. The predicted octanol–water partition coefficient (Wildman–Crippen LogP) is 4.39. The van der Waals surface area contributed by atoms with Crippen LogP contribution in [0.15, 0.2) is 46.9 Å². The summed E-state index contributed by atoms with van der Waals surface area (Å²) in [5.41, 5.74) is 0.601. The van der Waals surface area contributed by atoms with Crippen LogP contribution in [0, 0.1) is 11.6 Å². The Morgan fingerprint density at radius 3 is 2.68 bits per heavy atom. The van der Waals surface area contributed by atoms with Gasteiger partial charge in [-0.25, -0.2) is 8.78 Å². The van der Waals surface area contributed by atoms with Gasteiger partial charge in [0.2, 0.25) is 5.91 Å². The molecule has 0 saturated heterocycles. The van der Waals surface area contributed by atoms with E-state index in [0.717, 1.165) is 16.6 Å². The normalized spacial score (nSPS) is 10.7. The third kappa shape index (κ3) is 4.14. The van der Waals surface area contributed by atoms with Gasteiger partial charge in [0, 0.05) is 22.2 Å². The van der Waals surface area contributed by atoms with Crippen LogP contribution in [0.5, 0.6) is 5.75 Å². The molecule has 0 atom stereocenters. The van der Waals surface area contributed by atoms with Gasteiger partial charge in [0.1, 0.15) is 17.4 Å². The van der Waals surface area contributed by atoms with Gasteiger partial charge in [0.25, 0.3) is 0 Å². The van der Waals surface area contributed by atoms with E-state index < -0.39 is 17.5 Å². The SMILES string of the molecule is COc1ccc(Br)cc1C=CC(=O)Nc1ccc(F)cc1F. The van der Waals surface area contributed by atoms with Gasteiger partial charge in [-0.15, -0.1) is 0 Å². The molecule has 2 rings (SSSR count). The van der Waals surface area contributed by atoms with Crippen LogP contribution < -0.4 is 10.1 Å². The van der Waals surface area contributed by atoms with Crippen molar-refractivity contribution in [3.05, 3.63) is 64.1 Å². The zero-order valence-electron chi connectivity index (χ0n) is 11.6. The van der Waals surface area contributed by atoms with Crippen LogP contribution in [0.25, 0.3) is 6.08 Å². The second-order valence-corrected chi connectivity index (χ2v) is 5.25. The highest BCUT2D eigenvalue weighted by Gasteiger charge is 2.06. The van der Waals surface area contributed by atoms with E-state index in [2.05, 4.69) is 21.2 Å².